The van der Waals surface area contributed by atoms with Crippen molar-refractivity contribution in [2.75, 3.05) is 16.8 Å². The van der Waals surface area contributed by atoms with Crippen LogP contribution in [0.25, 0.3) is 0 Å². The van der Waals surface area contributed by atoms with Crippen molar-refractivity contribution in [1.29, 1.82) is 0 Å². The van der Waals surface area contributed by atoms with Gasteiger partial charge in [-0.25, -0.2) is 0 Å². The first-order valence-corrected chi connectivity index (χ1v) is 11.4. The Labute approximate surface area is 161 Å². The molecule has 130 valence electrons. The van der Waals surface area contributed by atoms with E-state index >= 15 is 0 Å². The molecule has 0 aromatic heterocycles. The highest BCUT2D eigenvalue weighted by atomic mass is 35.5. The fraction of sp³-hybridized carbons (Fsp3) is 0.611. The van der Waals surface area contributed by atoms with E-state index in [1.165, 1.54) is 30.8 Å². The van der Waals surface area contributed by atoms with Crippen LogP contribution in [0, 0.1) is 17.8 Å². The molecule has 2 atom stereocenters. The molecule has 3 fully saturated rings. The summed E-state index contributed by atoms with van der Waals surface area (Å²) in [6.07, 6.45) is 5.91. The van der Waals surface area contributed by atoms with Gasteiger partial charge in [-0.2, -0.15) is 0 Å². The zero-order valence-corrected chi connectivity index (χ0v) is 16.5. The molecule has 1 heterocycles. The second-order valence-corrected chi connectivity index (χ2v) is 10.8. The summed E-state index contributed by atoms with van der Waals surface area (Å²) in [5, 5.41) is 3.93. The quantitative estimate of drug-likeness (QED) is 0.664. The Balaban J connectivity index is 1.50. The fourth-order valence-corrected chi connectivity index (χ4v) is 8.94. The molecule has 0 radical (unpaired) electrons. The van der Waals surface area contributed by atoms with Gasteiger partial charge in [-0.3, -0.25) is 4.79 Å². The molecule has 2 nitrogen and oxygen atoms in total. The lowest BCUT2D eigenvalue weighted by molar-refractivity contribution is -0.122. The van der Waals surface area contributed by atoms with E-state index in [0.29, 0.717) is 31.6 Å². The molecule has 24 heavy (non-hydrogen) atoms. The normalized spacial score (nSPS) is 31.2. The molecule has 1 saturated heterocycles. The lowest BCUT2D eigenvalue weighted by Gasteiger charge is -2.52. The van der Waals surface area contributed by atoms with Crippen LogP contribution in [0.2, 0.25) is 10.0 Å². The van der Waals surface area contributed by atoms with Gasteiger partial charge in [0, 0.05) is 17.4 Å². The number of carbonyl (C=O) groups is 1. The van der Waals surface area contributed by atoms with Crippen LogP contribution in [-0.4, -0.2) is 21.5 Å². The summed E-state index contributed by atoms with van der Waals surface area (Å²) in [6.45, 7) is 0. The third kappa shape index (κ3) is 2.98. The average molecular weight is 402 g/mol. The maximum Gasteiger partial charge on any atom is 0.227 e. The van der Waals surface area contributed by atoms with Gasteiger partial charge < -0.3 is 5.32 Å². The van der Waals surface area contributed by atoms with Crippen LogP contribution in [0.5, 0.6) is 0 Å². The number of amides is 1. The Bertz CT molecular complexity index is 632. The summed E-state index contributed by atoms with van der Waals surface area (Å²) in [6, 6.07) is 5.38. The van der Waals surface area contributed by atoms with Gasteiger partial charge >= 0.3 is 0 Å². The Kier molecular flexibility index (Phi) is 5.03. The van der Waals surface area contributed by atoms with Crippen LogP contribution in [-0.2, 0) is 4.79 Å². The van der Waals surface area contributed by atoms with Crippen molar-refractivity contribution < 1.29 is 4.79 Å². The van der Waals surface area contributed by atoms with Crippen molar-refractivity contribution in [2.24, 2.45) is 17.8 Å². The van der Waals surface area contributed by atoms with Gasteiger partial charge in [-0.15, -0.1) is 23.5 Å². The highest BCUT2D eigenvalue weighted by molar-refractivity contribution is 8.21. The van der Waals surface area contributed by atoms with Crippen LogP contribution in [0.1, 0.15) is 32.1 Å². The molecule has 1 amide bonds. The molecule has 2 aliphatic carbocycles. The zero-order chi connectivity index (χ0) is 16.7. The number of rotatable bonds is 2. The van der Waals surface area contributed by atoms with E-state index in [1.807, 2.05) is 12.1 Å². The van der Waals surface area contributed by atoms with Crippen molar-refractivity contribution in [3.05, 3.63) is 28.2 Å². The molecule has 1 N–H and O–H groups in total. The molecule has 2 bridgehead atoms. The summed E-state index contributed by atoms with van der Waals surface area (Å²) in [5.41, 5.74) is 0.629. The topological polar surface area (TPSA) is 29.1 Å². The largest absolute Gasteiger partial charge is 0.324 e. The predicted octanol–water partition coefficient (Wildman–Crippen LogP) is 5.93. The molecule has 4 rings (SSSR count). The van der Waals surface area contributed by atoms with Gasteiger partial charge in [0.2, 0.25) is 5.91 Å². The molecule has 1 aromatic carbocycles. The first kappa shape index (κ1) is 17.4. The van der Waals surface area contributed by atoms with Crippen molar-refractivity contribution in [3.8, 4) is 0 Å². The molecule has 2 unspecified atom stereocenters. The molecular formula is C18H21Cl2NOS2. The minimum Gasteiger partial charge on any atom is -0.324 e. The molecule has 1 aliphatic heterocycles. The SMILES string of the molecule is O=C(Nc1cccc(Cl)c1Cl)C1CC2CCCC(C1)C21SCCS1. The number of halogens is 2. The van der Waals surface area contributed by atoms with E-state index in [0.717, 1.165) is 12.8 Å². The molecule has 2 saturated carbocycles. The molecule has 6 heteroatoms. The van der Waals surface area contributed by atoms with Crippen LogP contribution in [0.15, 0.2) is 18.2 Å². The lowest BCUT2D eigenvalue weighted by atomic mass is 9.67. The summed E-state index contributed by atoms with van der Waals surface area (Å²) >= 11 is 16.6. The minimum atomic E-state index is 0.0998. The monoisotopic (exact) mass is 401 g/mol. The summed E-state index contributed by atoms with van der Waals surface area (Å²) < 4.78 is 0.405. The smallest absolute Gasteiger partial charge is 0.227 e. The number of nitrogens with one attached hydrogen (secondary N) is 1. The third-order valence-electron chi connectivity index (χ3n) is 5.70. The number of carbonyl (C=O) groups excluding carboxylic acids is 1. The third-order valence-corrected chi connectivity index (χ3v) is 10.5. The van der Waals surface area contributed by atoms with Gasteiger partial charge in [0.15, 0.2) is 0 Å². The Morgan fingerprint density at radius 3 is 2.46 bits per heavy atom. The fourth-order valence-electron chi connectivity index (χ4n) is 4.66. The summed E-state index contributed by atoms with van der Waals surface area (Å²) in [5.74, 6) is 4.10. The Hall–Kier alpha value is -0.0300. The van der Waals surface area contributed by atoms with Crippen LogP contribution in [0.4, 0.5) is 5.69 Å². The Morgan fingerprint density at radius 1 is 1.12 bits per heavy atom. The van der Waals surface area contributed by atoms with E-state index in [4.69, 9.17) is 23.2 Å². The predicted molar refractivity (Wildman–Crippen MR) is 106 cm³/mol. The average Bonchev–Trinajstić information content (AvgIpc) is 3.01. The van der Waals surface area contributed by atoms with Crippen molar-refractivity contribution in [3.63, 3.8) is 0 Å². The molecule has 3 aliphatic rings. The van der Waals surface area contributed by atoms with Crippen molar-refractivity contribution in [1.82, 2.24) is 0 Å². The number of hydrogen-bond donors (Lipinski definition) is 1. The number of anilines is 1. The number of hydrogen-bond acceptors (Lipinski definition) is 3. The summed E-state index contributed by atoms with van der Waals surface area (Å²) in [4.78, 5) is 12.8. The van der Waals surface area contributed by atoms with Crippen molar-refractivity contribution in [2.45, 2.75) is 36.2 Å². The number of thioether (sulfide) groups is 2. The van der Waals surface area contributed by atoms with Crippen molar-refractivity contribution >= 4 is 58.3 Å². The van der Waals surface area contributed by atoms with Gasteiger partial charge in [0.05, 0.1) is 19.8 Å². The maximum atomic E-state index is 12.8. The van der Waals surface area contributed by atoms with Crippen LogP contribution >= 0.6 is 46.7 Å². The van der Waals surface area contributed by atoms with E-state index in [9.17, 15) is 4.79 Å². The molecule has 1 aromatic rings. The van der Waals surface area contributed by atoms with Crippen LogP contribution < -0.4 is 5.32 Å². The van der Waals surface area contributed by atoms with E-state index in [-0.39, 0.29) is 11.8 Å². The first-order valence-electron chi connectivity index (χ1n) is 8.63. The first-order chi connectivity index (χ1) is 11.6. The van der Waals surface area contributed by atoms with Gasteiger partial charge in [-0.1, -0.05) is 35.7 Å². The Morgan fingerprint density at radius 2 is 1.79 bits per heavy atom. The zero-order valence-electron chi connectivity index (χ0n) is 13.4. The van der Waals surface area contributed by atoms with Gasteiger partial charge in [0.1, 0.15) is 0 Å². The molecular weight excluding hydrogens is 381 g/mol. The van der Waals surface area contributed by atoms with E-state index in [1.54, 1.807) is 6.07 Å². The van der Waals surface area contributed by atoms with E-state index < -0.39 is 0 Å². The minimum absolute atomic E-state index is 0.0998. The van der Waals surface area contributed by atoms with Gasteiger partial charge in [-0.05, 0) is 49.7 Å². The highest BCUT2D eigenvalue weighted by Gasteiger charge is 2.55. The second kappa shape index (κ2) is 6.94. The standard InChI is InChI=1S/C18H21Cl2NOS2/c19-14-5-2-6-15(16(14)20)21-17(22)11-9-12-3-1-4-13(10-11)18(12)23-7-8-24-18/h2,5-6,11-13H,1,3-4,7-10H2,(H,21,22). The lowest BCUT2D eigenvalue weighted by Crippen LogP contribution is -2.48. The summed E-state index contributed by atoms with van der Waals surface area (Å²) in [7, 11) is 0. The van der Waals surface area contributed by atoms with Gasteiger partial charge in [0.25, 0.3) is 0 Å². The highest BCUT2D eigenvalue weighted by Crippen LogP contribution is 2.64. The van der Waals surface area contributed by atoms with Crippen LogP contribution in [0.3, 0.4) is 0 Å². The van der Waals surface area contributed by atoms with E-state index in [2.05, 4.69) is 28.8 Å². The molecule has 1 spiro atoms. The number of benzene rings is 1. The second-order valence-electron chi connectivity index (χ2n) is 7.00. The maximum absolute atomic E-state index is 12.8.